The Labute approximate surface area is 169 Å². The van der Waals surface area contributed by atoms with Crippen molar-refractivity contribution < 1.29 is 14.0 Å². The highest BCUT2D eigenvalue weighted by molar-refractivity contribution is 14.0. The van der Waals surface area contributed by atoms with E-state index in [0.717, 1.165) is 25.9 Å². The second-order valence-electron chi connectivity index (χ2n) is 5.69. The summed E-state index contributed by atoms with van der Waals surface area (Å²) in [4.78, 5) is 29.9. The molecule has 1 aromatic rings. The predicted octanol–water partition coefficient (Wildman–Crippen LogP) is 1.56. The minimum Gasteiger partial charge on any atom is -0.357 e. The highest BCUT2D eigenvalue weighted by Crippen LogP contribution is 2.08. The molecule has 7 nitrogen and oxygen atoms in total. The molecule has 1 aliphatic heterocycles. The minimum absolute atomic E-state index is 0. The number of rotatable bonds is 6. The first kappa shape index (κ1) is 22.1. The van der Waals surface area contributed by atoms with E-state index in [1.165, 1.54) is 24.3 Å². The summed E-state index contributed by atoms with van der Waals surface area (Å²) in [5, 5.41) is 8.57. The summed E-state index contributed by atoms with van der Waals surface area (Å²) >= 11 is 0. The lowest BCUT2D eigenvalue weighted by molar-refractivity contribution is -0.128. The van der Waals surface area contributed by atoms with Crippen molar-refractivity contribution in [3.8, 4) is 0 Å². The Bertz CT molecular complexity index is 618. The van der Waals surface area contributed by atoms with Gasteiger partial charge >= 0.3 is 0 Å². The molecule has 0 aromatic heterocycles. The molecule has 0 atom stereocenters. The van der Waals surface area contributed by atoms with Gasteiger partial charge in [0.25, 0.3) is 0 Å². The van der Waals surface area contributed by atoms with E-state index in [-0.39, 0.29) is 54.7 Å². The highest BCUT2D eigenvalue weighted by Gasteiger charge is 2.17. The van der Waals surface area contributed by atoms with E-state index in [1.807, 2.05) is 11.8 Å². The number of hydrogen-bond donors (Lipinski definition) is 3. The molecule has 0 unspecified atom stereocenters. The Kier molecular flexibility index (Phi) is 9.92. The Hall–Kier alpha value is -1.91. The fourth-order valence-corrected chi connectivity index (χ4v) is 2.46. The number of anilines is 1. The van der Waals surface area contributed by atoms with E-state index in [2.05, 4.69) is 20.9 Å². The normalized spacial score (nSPS) is 13.8. The summed E-state index contributed by atoms with van der Waals surface area (Å²) in [7, 11) is 0. The van der Waals surface area contributed by atoms with Crippen LogP contribution in [0, 0.1) is 5.82 Å². The van der Waals surface area contributed by atoms with Crippen LogP contribution in [0.4, 0.5) is 10.1 Å². The fraction of sp³-hybridized carbons (Fsp3) is 0.471. The Balaban J connectivity index is 0.00000338. The summed E-state index contributed by atoms with van der Waals surface area (Å²) in [5.41, 5.74) is 0.503. The average molecular weight is 477 g/mol. The number of aliphatic imine (C=N–C) groups is 1. The van der Waals surface area contributed by atoms with Gasteiger partial charge in [0, 0.05) is 25.3 Å². The lowest BCUT2D eigenvalue weighted by Gasteiger charge is -2.17. The van der Waals surface area contributed by atoms with E-state index < -0.39 is 0 Å². The van der Waals surface area contributed by atoms with Gasteiger partial charge in [-0.3, -0.25) is 9.59 Å². The van der Waals surface area contributed by atoms with Crippen LogP contribution in [0.2, 0.25) is 0 Å². The lowest BCUT2D eigenvalue weighted by Crippen LogP contribution is -2.44. The number of carbonyl (C=O) groups is 2. The molecule has 9 heteroatoms. The van der Waals surface area contributed by atoms with Crippen molar-refractivity contribution in [1.82, 2.24) is 15.5 Å². The Morgan fingerprint density at radius 2 is 1.81 bits per heavy atom. The molecule has 0 saturated carbocycles. The molecular weight excluding hydrogens is 452 g/mol. The minimum atomic E-state index is -0.364. The molecule has 0 spiro atoms. The van der Waals surface area contributed by atoms with Crippen molar-refractivity contribution >= 4 is 47.4 Å². The first-order valence-corrected chi connectivity index (χ1v) is 8.44. The predicted molar refractivity (Wildman–Crippen MR) is 110 cm³/mol. The molecule has 1 aromatic carbocycles. The first-order valence-electron chi connectivity index (χ1n) is 8.44. The molecule has 3 N–H and O–H groups in total. The Morgan fingerprint density at radius 3 is 2.42 bits per heavy atom. The zero-order chi connectivity index (χ0) is 18.1. The molecule has 1 fully saturated rings. The van der Waals surface area contributed by atoms with Crippen LogP contribution in [0.25, 0.3) is 0 Å². The monoisotopic (exact) mass is 477 g/mol. The number of halogens is 2. The SMILES string of the molecule is CCNC(=NCC(=O)Nc1ccc(F)cc1)NCC(=O)N1CCCC1.I. The molecule has 0 aliphatic carbocycles. The van der Waals surface area contributed by atoms with Crippen molar-refractivity contribution in [1.29, 1.82) is 0 Å². The van der Waals surface area contributed by atoms with E-state index >= 15 is 0 Å². The third-order valence-electron chi connectivity index (χ3n) is 3.72. The molecule has 2 amide bonds. The number of carbonyl (C=O) groups excluding carboxylic acids is 2. The van der Waals surface area contributed by atoms with Crippen LogP contribution in [0.15, 0.2) is 29.3 Å². The zero-order valence-corrected chi connectivity index (χ0v) is 17.1. The molecule has 0 bridgehead atoms. The van der Waals surface area contributed by atoms with Crippen LogP contribution in [-0.2, 0) is 9.59 Å². The number of nitrogens with one attached hydrogen (secondary N) is 3. The van der Waals surface area contributed by atoms with Crippen molar-refractivity contribution in [2.45, 2.75) is 19.8 Å². The third-order valence-corrected chi connectivity index (χ3v) is 3.72. The van der Waals surface area contributed by atoms with Gasteiger partial charge in [0.05, 0.1) is 6.54 Å². The summed E-state index contributed by atoms with van der Waals surface area (Å²) in [6.07, 6.45) is 2.09. The largest absolute Gasteiger partial charge is 0.357 e. The van der Waals surface area contributed by atoms with Crippen molar-refractivity contribution in [2.24, 2.45) is 4.99 Å². The van der Waals surface area contributed by atoms with E-state index in [1.54, 1.807) is 0 Å². The van der Waals surface area contributed by atoms with Crippen LogP contribution >= 0.6 is 24.0 Å². The number of benzene rings is 1. The van der Waals surface area contributed by atoms with Gasteiger partial charge in [-0.15, -0.1) is 24.0 Å². The van der Waals surface area contributed by atoms with Gasteiger partial charge in [0.15, 0.2) is 5.96 Å². The molecule has 1 aliphatic rings. The summed E-state index contributed by atoms with van der Waals surface area (Å²) in [6.45, 7) is 4.15. The summed E-state index contributed by atoms with van der Waals surface area (Å²) in [6, 6.07) is 5.51. The smallest absolute Gasteiger partial charge is 0.246 e. The maximum atomic E-state index is 12.8. The van der Waals surface area contributed by atoms with Gasteiger partial charge < -0.3 is 20.9 Å². The molecule has 1 saturated heterocycles. The second kappa shape index (κ2) is 11.7. The van der Waals surface area contributed by atoms with Crippen molar-refractivity contribution in [2.75, 3.05) is 38.0 Å². The first-order chi connectivity index (χ1) is 12.1. The number of guanidine groups is 1. The number of likely N-dealkylation sites (tertiary alicyclic amines) is 1. The third kappa shape index (κ3) is 7.54. The number of hydrogen-bond acceptors (Lipinski definition) is 3. The van der Waals surface area contributed by atoms with Crippen molar-refractivity contribution in [3.63, 3.8) is 0 Å². The van der Waals surface area contributed by atoms with Crippen LogP contribution in [0.5, 0.6) is 0 Å². The van der Waals surface area contributed by atoms with E-state index in [4.69, 9.17) is 0 Å². The highest BCUT2D eigenvalue weighted by atomic mass is 127. The molecular formula is C17H25FIN5O2. The molecule has 144 valence electrons. The molecule has 2 rings (SSSR count). The fourth-order valence-electron chi connectivity index (χ4n) is 2.46. The van der Waals surface area contributed by atoms with Gasteiger partial charge in [-0.25, -0.2) is 9.38 Å². The number of amides is 2. The van der Waals surface area contributed by atoms with Gasteiger partial charge in [-0.2, -0.15) is 0 Å². The van der Waals surface area contributed by atoms with E-state index in [0.29, 0.717) is 18.2 Å². The van der Waals surface area contributed by atoms with Crippen LogP contribution in [-0.4, -0.2) is 55.4 Å². The van der Waals surface area contributed by atoms with Gasteiger partial charge in [0.2, 0.25) is 11.8 Å². The number of nitrogens with zero attached hydrogens (tertiary/aromatic N) is 2. The van der Waals surface area contributed by atoms with E-state index in [9.17, 15) is 14.0 Å². The quantitative estimate of drug-likeness (QED) is 0.330. The molecule has 0 radical (unpaired) electrons. The lowest BCUT2D eigenvalue weighted by atomic mass is 10.3. The maximum Gasteiger partial charge on any atom is 0.246 e. The maximum absolute atomic E-state index is 12.8. The van der Waals surface area contributed by atoms with Gasteiger partial charge in [-0.05, 0) is 44.0 Å². The second-order valence-corrected chi connectivity index (χ2v) is 5.69. The zero-order valence-electron chi connectivity index (χ0n) is 14.8. The topological polar surface area (TPSA) is 85.8 Å². The molecule has 26 heavy (non-hydrogen) atoms. The van der Waals surface area contributed by atoms with Crippen LogP contribution in [0.1, 0.15) is 19.8 Å². The standard InChI is InChI=1S/C17H24FN5O2.HI/c1-2-19-17(21-12-16(25)23-9-3-4-10-23)20-11-15(24)22-14-7-5-13(18)6-8-14;/h5-8H,2-4,9-12H2,1H3,(H,22,24)(H2,19,20,21);1H. The van der Waals surface area contributed by atoms with Gasteiger partial charge in [0.1, 0.15) is 12.4 Å². The van der Waals surface area contributed by atoms with Crippen LogP contribution < -0.4 is 16.0 Å². The van der Waals surface area contributed by atoms with Crippen molar-refractivity contribution in [3.05, 3.63) is 30.1 Å². The Morgan fingerprint density at radius 1 is 1.15 bits per heavy atom. The molecule has 1 heterocycles. The van der Waals surface area contributed by atoms with Crippen LogP contribution in [0.3, 0.4) is 0 Å². The summed E-state index contributed by atoms with van der Waals surface area (Å²) in [5.74, 6) is -0.254. The summed E-state index contributed by atoms with van der Waals surface area (Å²) < 4.78 is 12.8. The average Bonchev–Trinajstić information content (AvgIpc) is 3.14. The van der Waals surface area contributed by atoms with Gasteiger partial charge in [-0.1, -0.05) is 0 Å².